The Kier molecular flexibility index (Phi) is 14.4. The van der Waals surface area contributed by atoms with Gasteiger partial charge in [0.15, 0.2) is 0 Å². The fraction of sp³-hybridized carbons (Fsp3) is 0.283. The van der Waals surface area contributed by atoms with Crippen molar-refractivity contribution in [2.75, 3.05) is 0 Å². The zero-order valence-electron chi connectivity index (χ0n) is 37.4. The van der Waals surface area contributed by atoms with Gasteiger partial charge in [0.2, 0.25) is 0 Å². The monoisotopic (exact) mass is 1040 g/mol. The standard InChI is InChI=1S/C35H34FN2SSi.C18H24NSi.Ir/c1-22(2)27-18-25(24-12-8-7-9-13-24)19-28(23(3)4)34(27)38-32-15-11-10-14-31(32)37-35(38)30-21-39-33-17-16-26(20-29(30)33)40(5,6)36;1-14(2)11-16-12-17(15-9-7-6-8-10-15)19-13-18(16)20(3,4)5;/h7-20,22-23H,1-6H3;6-9,12-14H,11H2,1-5H3;/q2*-1;. The van der Waals surface area contributed by atoms with E-state index in [0.717, 1.165) is 55.4 Å². The van der Waals surface area contributed by atoms with E-state index in [-0.39, 0.29) is 20.1 Å². The number of para-hydroxylation sites is 2. The van der Waals surface area contributed by atoms with Crippen molar-refractivity contribution in [3.8, 4) is 39.5 Å². The summed E-state index contributed by atoms with van der Waals surface area (Å²) >= 11 is 1.58. The van der Waals surface area contributed by atoms with E-state index in [1.54, 1.807) is 24.4 Å². The average Bonchev–Trinajstić information content (AvgIpc) is 3.81. The second kappa shape index (κ2) is 19.0. The van der Waals surface area contributed by atoms with E-state index in [1.807, 2.05) is 42.5 Å². The minimum absolute atomic E-state index is 0. The number of pyridine rings is 1. The molecular formula is C53H58FIrN3SSi2-2. The summed E-state index contributed by atoms with van der Waals surface area (Å²) in [4.78, 5) is 9.90. The minimum atomic E-state index is -2.98. The fourth-order valence-corrected chi connectivity index (χ4v) is 11.4. The Hall–Kier alpha value is -4.31. The van der Waals surface area contributed by atoms with Gasteiger partial charge in [-0.1, -0.05) is 143 Å². The Morgan fingerprint density at radius 1 is 0.738 bits per heavy atom. The van der Waals surface area contributed by atoms with E-state index in [1.165, 1.54) is 38.7 Å². The average molecular weight is 1040 g/mol. The number of rotatable bonds is 10. The predicted molar refractivity (Wildman–Crippen MR) is 263 cm³/mol. The van der Waals surface area contributed by atoms with Crippen LogP contribution in [0.5, 0.6) is 0 Å². The Morgan fingerprint density at radius 3 is 2.00 bits per heavy atom. The zero-order valence-corrected chi connectivity index (χ0v) is 42.7. The molecule has 8 aromatic rings. The van der Waals surface area contributed by atoms with E-state index in [4.69, 9.17) is 4.98 Å². The number of fused-ring (bicyclic) bond motifs is 2. The van der Waals surface area contributed by atoms with Crippen LogP contribution in [0.4, 0.5) is 4.11 Å². The van der Waals surface area contributed by atoms with Crippen LogP contribution in [-0.2, 0) is 26.5 Å². The zero-order chi connectivity index (χ0) is 42.9. The minimum Gasteiger partial charge on any atom is -0.333 e. The number of thiophene rings is 1. The molecule has 0 aliphatic carbocycles. The summed E-state index contributed by atoms with van der Waals surface area (Å²) in [7, 11) is -4.32. The Bertz CT molecular complexity index is 2710. The van der Waals surface area contributed by atoms with Crippen LogP contribution in [0.1, 0.15) is 70.1 Å². The number of imidazole rings is 1. The Labute approximate surface area is 383 Å². The molecule has 0 aliphatic heterocycles. The van der Waals surface area contributed by atoms with Crippen molar-refractivity contribution in [3.63, 3.8) is 0 Å². The molecule has 5 aromatic carbocycles. The van der Waals surface area contributed by atoms with E-state index in [0.29, 0.717) is 17.8 Å². The summed E-state index contributed by atoms with van der Waals surface area (Å²) in [5.41, 5.74) is 12.8. The molecule has 1 radical (unpaired) electrons. The maximum atomic E-state index is 15.2. The molecule has 0 saturated carbocycles. The number of hydrogen-bond donors (Lipinski definition) is 0. The number of aromatic nitrogens is 3. The van der Waals surface area contributed by atoms with Gasteiger partial charge in [0.25, 0.3) is 8.41 Å². The molecule has 0 bridgehead atoms. The van der Waals surface area contributed by atoms with Gasteiger partial charge in [-0.2, -0.15) is 0 Å². The van der Waals surface area contributed by atoms with Crippen LogP contribution < -0.4 is 10.4 Å². The predicted octanol–water partition coefficient (Wildman–Crippen LogP) is 14.3. The van der Waals surface area contributed by atoms with Gasteiger partial charge in [0.1, 0.15) is 0 Å². The first-order valence-electron chi connectivity index (χ1n) is 21.3. The molecule has 8 rings (SSSR count). The van der Waals surface area contributed by atoms with Crippen LogP contribution in [0.2, 0.25) is 32.7 Å². The normalized spacial score (nSPS) is 12.0. The molecule has 0 amide bonds. The summed E-state index contributed by atoms with van der Waals surface area (Å²) in [6.07, 6.45) is 3.24. The van der Waals surface area contributed by atoms with Crippen LogP contribution in [-0.4, -0.2) is 31.0 Å². The van der Waals surface area contributed by atoms with Crippen molar-refractivity contribution in [3.05, 3.63) is 150 Å². The molecule has 317 valence electrons. The molecule has 0 aliphatic rings. The van der Waals surface area contributed by atoms with Crippen molar-refractivity contribution in [1.82, 2.24) is 14.5 Å². The van der Waals surface area contributed by atoms with Gasteiger partial charge in [-0.3, -0.25) is 16.3 Å². The van der Waals surface area contributed by atoms with E-state index >= 15 is 4.11 Å². The molecule has 0 unspecified atom stereocenters. The maximum absolute atomic E-state index is 15.2. The third-order valence-electron chi connectivity index (χ3n) is 11.1. The summed E-state index contributed by atoms with van der Waals surface area (Å²) in [6, 6.07) is 43.3. The van der Waals surface area contributed by atoms with Gasteiger partial charge in [-0.05, 0) is 99.9 Å². The first-order valence-corrected chi connectivity index (χ1v) is 28.5. The summed E-state index contributed by atoms with van der Waals surface area (Å²) in [5, 5.41) is 6.88. The second-order valence-electron chi connectivity index (χ2n) is 18.6. The second-order valence-corrected chi connectivity index (χ2v) is 28.0. The molecule has 0 fully saturated rings. The number of hydrogen-bond acceptors (Lipinski definition) is 3. The first-order chi connectivity index (χ1) is 28.5. The Morgan fingerprint density at radius 2 is 1.39 bits per heavy atom. The third kappa shape index (κ3) is 10.2. The first kappa shape index (κ1) is 46.2. The SMILES string of the molecule is CC(C)Cc1cc(-c2[c-]cccc2)ncc1[Si](C)(C)C.CC(C)c1cc(-c2ccccc2)cc(C(C)C)c1-n1c(-c2[c-]sc3ccc([Si](C)(C)F)cc23)nc2ccccc21.[Ir]. The van der Waals surface area contributed by atoms with E-state index in [2.05, 4.69) is 161 Å². The third-order valence-corrected chi connectivity index (χ3v) is 15.8. The van der Waals surface area contributed by atoms with Gasteiger partial charge in [-0.25, -0.2) is 0 Å². The molecule has 0 atom stereocenters. The van der Waals surface area contributed by atoms with Crippen LogP contribution in [0.15, 0.2) is 121 Å². The molecule has 61 heavy (non-hydrogen) atoms. The largest absolute Gasteiger partial charge is 0.333 e. The summed E-state index contributed by atoms with van der Waals surface area (Å²) in [5.74, 6) is 2.11. The summed E-state index contributed by atoms with van der Waals surface area (Å²) < 4.78 is 18.6. The molecule has 0 N–H and O–H groups in total. The molecule has 3 nitrogen and oxygen atoms in total. The molecule has 0 spiro atoms. The van der Waals surface area contributed by atoms with E-state index < -0.39 is 16.5 Å². The van der Waals surface area contributed by atoms with Crippen LogP contribution in [0, 0.1) is 17.4 Å². The Balaban J connectivity index is 0.000000250. The van der Waals surface area contributed by atoms with E-state index in [9.17, 15) is 0 Å². The van der Waals surface area contributed by atoms with Crippen LogP contribution in [0.25, 0.3) is 60.6 Å². The van der Waals surface area contributed by atoms with Crippen LogP contribution in [0.3, 0.4) is 0 Å². The number of benzene rings is 5. The van der Waals surface area contributed by atoms with Gasteiger partial charge in [-0.15, -0.1) is 47.3 Å². The molecule has 0 saturated heterocycles. The van der Waals surface area contributed by atoms with Crippen molar-refractivity contribution in [1.29, 1.82) is 0 Å². The molecule has 3 heterocycles. The van der Waals surface area contributed by atoms with Gasteiger partial charge < -0.3 is 13.7 Å². The van der Waals surface area contributed by atoms with Gasteiger partial charge in [0, 0.05) is 32.0 Å². The maximum Gasteiger partial charge on any atom is 0.270 e. The summed E-state index contributed by atoms with van der Waals surface area (Å²) in [6.45, 7) is 24.3. The van der Waals surface area contributed by atoms with Crippen LogP contribution >= 0.6 is 11.3 Å². The van der Waals surface area contributed by atoms with Gasteiger partial charge >= 0.3 is 0 Å². The topological polar surface area (TPSA) is 30.7 Å². The van der Waals surface area contributed by atoms with Crippen molar-refractivity contribution in [2.24, 2.45) is 5.92 Å². The fourth-order valence-electron chi connectivity index (χ4n) is 8.03. The molecule has 3 aromatic heterocycles. The smallest absolute Gasteiger partial charge is 0.270 e. The van der Waals surface area contributed by atoms with Crippen molar-refractivity contribution < 1.29 is 24.2 Å². The molecular weight excluding hydrogens is 978 g/mol. The molecule has 8 heteroatoms. The van der Waals surface area contributed by atoms with Crippen molar-refractivity contribution in [2.45, 2.75) is 92.5 Å². The van der Waals surface area contributed by atoms with Crippen molar-refractivity contribution >= 4 is 59.3 Å². The quantitative estimate of drug-likeness (QED) is 0.0776. The number of nitrogens with zero attached hydrogens (tertiary/aromatic N) is 3. The number of halogens is 1. The van der Waals surface area contributed by atoms with Gasteiger partial charge in [0.05, 0.1) is 24.9 Å².